The molecule has 1 aliphatic rings. The second kappa shape index (κ2) is 6.44. The van der Waals surface area contributed by atoms with Gasteiger partial charge in [0.1, 0.15) is 5.82 Å². The second-order valence-electron chi connectivity index (χ2n) is 5.49. The lowest BCUT2D eigenvalue weighted by Crippen LogP contribution is -2.28. The molecular formula is C16H18FN3OS. The van der Waals surface area contributed by atoms with Gasteiger partial charge in [-0.15, -0.1) is 11.3 Å². The molecule has 0 aliphatic heterocycles. The van der Waals surface area contributed by atoms with Crippen LogP contribution in [0.15, 0.2) is 18.2 Å². The molecule has 0 spiro atoms. The van der Waals surface area contributed by atoms with E-state index in [2.05, 4.69) is 15.6 Å². The summed E-state index contributed by atoms with van der Waals surface area (Å²) in [7, 11) is 0. The first-order chi connectivity index (χ1) is 10.6. The predicted octanol–water partition coefficient (Wildman–Crippen LogP) is 3.79. The summed E-state index contributed by atoms with van der Waals surface area (Å²) in [4.78, 5) is 17.7. The SMILES string of the molecule is Cc1cc(CNC(=O)Nc2nc3c(s2)CCCC3)ccc1F. The van der Waals surface area contributed by atoms with Crippen molar-refractivity contribution in [3.63, 3.8) is 0 Å². The molecule has 6 heteroatoms. The highest BCUT2D eigenvalue weighted by Gasteiger charge is 2.16. The van der Waals surface area contributed by atoms with E-state index in [1.54, 1.807) is 30.4 Å². The van der Waals surface area contributed by atoms with E-state index in [-0.39, 0.29) is 11.8 Å². The Kier molecular flexibility index (Phi) is 4.38. The lowest BCUT2D eigenvalue weighted by molar-refractivity contribution is 0.251. The molecule has 2 N–H and O–H groups in total. The summed E-state index contributed by atoms with van der Waals surface area (Å²) in [5.74, 6) is -0.235. The summed E-state index contributed by atoms with van der Waals surface area (Å²) in [6, 6.07) is 4.54. The van der Waals surface area contributed by atoms with Crippen LogP contribution in [0.2, 0.25) is 0 Å². The Morgan fingerprint density at radius 1 is 1.36 bits per heavy atom. The number of aromatic nitrogens is 1. The fourth-order valence-corrected chi connectivity index (χ4v) is 3.59. The summed E-state index contributed by atoms with van der Waals surface area (Å²) in [5, 5.41) is 6.20. The van der Waals surface area contributed by atoms with E-state index in [1.807, 2.05) is 0 Å². The first-order valence-corrected chi connectivity index (χ1v) is 8.22. The molecule has 1 aliphatic carbocycles. The smallest absolute Gasteiger partial charge is 0.321 e. The van der Waals surface area contributed by atoms with E-state index >= 15 is 0 Å². The zero-order chi connectivity index (χ0) is 15.5. The lowest BCUT2D eigenvalue weighted by atomic mass is 10.0. The van der Waals surface area contributed by atoms with E-state index in [1.165, 1.54) is 23.8 Å². The Morgan fingerprint density at radius 3 is 2.95 bits per heavy atom. The van der Waals surface area contributed by atoms with Crippen molar-refractivity contribution in [1.82, 2.24) is 10.3 Å². The Morgan fingerprint density at radius 2 is 2.18 bits per heavy atom. The number of carbonyl (C=O) groups excluding carboxylic acids is 1. The molecule has 0 bridgehead atoms. The molecule has 2 aromatic rings. The van der Waals surface area contributed by atoms with E-state index in [4.69, 9.17) is 0 Å². The highest BCUT2D eigenvalue weighted by atomic mass is 32.1. The van der Waals surface area contributed by atoms with Crippen molar-refractivity contribution in [2.24, 2.45) is 0 Å². The highest BCUT2D eigenvalue weighted by molar-refractivity contribution is 7.15. The number of nitrogens with one attached hydrogen (secondary N) is 2. The molecule has 1 heterocycles. The van der Waals surface area contributed by atoms with E-state index < -0.39 is 0 Å². The van der Waals surface area contributed by atoms with Gasteiger partial charge in [-0.05, 0) is 49.8 Å². The third-order valence-corrected chi connectivity index (χ3v) is 4.81. The maximum Gasteiger partial charge on any atom is 0.321 e. The number of urea groups is 1. The van der Waals surface area contributed by atoms with Crippen LogP contribution in [0.25, 0.3) is 0 Å². The van der Waals surface area contributed by atoms with Crippen molar-refractivity contribution in [3.05, 3.63) is 45.7 Å². The number of hydrogen-bond acceptors (Lipinski definition) is 3. The number of fused-ring (bicyclic) bond motifs is 1. The van der Waals surface area contributed by atoms with Gasteiger partial charge in [-0.2, -0.15) is 0 Å². The van der Waals surface area contributed by atoms with Crippen molar-refractivity contribution in [3.8, 4) is 0 Å². The minimum absolute atomic E-state index is 0.235. The number of carbonyl (C=O) groups is 1. The van der Waals surface area contributed by atoms with Crippen LogP contribution in [0.1, 0.15) is 34.5 Å². The number of aryl methyl sites for hydroxylation is 3. The van der Waals surface area contributed by atoms with Crippen LogP contribution in [0.4, 0.5) is 14.3 Å². The molecule has 1 aromatic carbocycles. The fourth-order valence-electron chi connectivity index (χ4n) is 2.55. The van der Waals surface area contributed by atoms with Crippen molar-refractivity contribution >= 4 is 22.5 Å². The molecule has 3 rings (SSSR count). The van der Waals surface area contributed by atoms with Crippen molar-refractivity contribution < 1.29 is 9.18 Å². The van der Waals surface area contributed by atoms with Crippen molar-refractivity contribution in [1.29, 1.82) is 0 Å². The summed E-state index contributed by atoms with van der Waals surface area (Å²) in [5.41, 5.74) is 2.57. The zero-order valence-corrected chi connectivity index (χ0v) is 13.2. The Hall–Kier alpha value is -1.95. The van der Waals surface area contributed by atoms with E-state index in [0.29, 0.717) is 17.2 Å². The maximum absolute atomic E-state index is 13.2. The first-order valence-electron chi connectivity index (χ1n) is 7.40. The molecule has 0 saturated carbocycles. The van der Waals surface area contributed by atoms with Crippen molar-refractivity contribution in [2.45, 2.75) is 39.2 Å². The number of benzene rings is 1. The van der Waals surface area contributed by atoms with Gasteiger partial charge in [-0.3, -0.25) is 5.32 Å². The number of rotatable bonds is 3. The normalized spacial score (nSPS) is 13.5. The van der Waals surface area contributed by atoms with E-state index in [0.717, 1.165) is 24.1 Å². The van der Waals surface area contributed by atoms with Gasteiger partial charge in [0.2, 0.25) is 0 Å². The average Bonchev–Trinajstić information content (AvgIpc) is 2.90. The van der Waals surface area contributed by atoms with Crippen LogP contribution in [0.5, 0.6) is 0 Å². The Balaban J connectivity index is 1.56. The molecule has 22 heavy (non-hydrogen) atoms. The van der Waals surface area contributed by atoms with Crippen LogP contribution >= 0.6 is 11.3 Å². The minimum atomic E-state index is -0.284. The largest absolute Gasteiger partial charge is 0.334 e. The van der Waals surface area contributed by atoms with Crippen LogP contribution in [-0.4, -0.2) is 11.0 Å². The van der Waals surface area contributed by atoms with Gasteiger partial charge < -0.3 is 5.32 Å². The standard InChI is InChI=1S/C16H18FN3OS/c1-10-8-11(6-7-12(10)17)9-18-15(21)20-16-19-13-4-2-3-5-14(13)22-16/h6-8H,2-5,9H2,1H3,(H2,18,19,20,21). The Bertz CT molecular complexity index is 675. The number of anilines is 1. The number of halogens is 1. The highest BCUT2D eigenvalue weighted by Crippen LogP contribution is 2.29. The summed E-state index contributed by atoms with van der Waals surface area (Å²) >= 11 is 1.56. The molecule has 0 atom stereocenters. The van der Waals surface area contributed by atoms with E-state index in [9.17, 15) is 9.18 Å². The van der Waals surface area contributed by atoms with Crippen molar-refractivity contribution in [2.75, 3.05) is 5.32 Å². The van der Waals surface area contributed by atoms with Crippen LogP contribution in [-0.2, 0) is 19.4 Å². The third-order valence-electron chi connectivity index (χ3n) is 3.74. The molecule has 4 nitrogen and oxygen atoms in total. The van der Waals surface area contributed by atoms with Crippen LogP contribution < -0.4 is 10.6 Å². The number of thiazole rings is 1. The first kappa shape index (κ1) is 15.0. The number of amides is 2. The lowest BCUT2D eigenvalue weighted by Gasteiger charge is -2.06. The predicted molar refractivity (Wildman–Crippen MR) is 85.8 cm³/mol. The van der Waals surface area contributed by atoms with Gasteiger partial charge in [0, 0.05) is 11.4 Å². The topological polar surface area (TPSA) is 54.0 Å². The number of nitrogens with zero attached hydrogens (tertiary/aromatic N) is 1. The minimum Gasteiger partial charge on any atom is -0.334 e. The quantitative estimate of drug-likeness (QED) is 0.904. The third kappa shape index (κ3) is 3.44. The summed E-state index contributed by atoms with van der Waals surface area (Å²) in [6.07, 6.45) is 4.44. The zero-order valence-electron chi connectivity index (χ0n) is 12.4. The van der Waals surface area contributed by atoms with Gasteiger partial charge in [0.15, 0.2) is 5.13 Å². The monoisotopic (exact) mass is 319 g/mol. The fraction of sp³-hybridized carbons (Fsp3) is 0.375. The van der Waals surface area contributed by atoms with Gasteiger partial charge in [-0.25, -0.2) is 14.2 Å². The van der Waals surface area contributed by atoms with Gasteiger partial charge in [0.05, 0.1) is 5.69 Å². The molecule has 116 valence electrons. The van der Waals surface area contributed by atoms with Gasteiger partial charge in [0.25, 0.3) is 0 Å². The molecule has 0 saturated heterocycles. The second-order valence-corrected chi connectivity index (χ2v) is 6.57. The molecule has 0 unspecified atom stereocenters. The van der Waals surface area contributed by atoms with Crippen LogP contribution in [0, 0.1) is 12.7 Å². The van der Waals surface area contributed by atoms with Gasteiger partial charge >= 0.3 is 6.03 Å². The van der Waals surface area contributed by atoms with Crippen LogP contribution in [0.3, 0.4) is 0 Å². The maximum atomic E-state index is 13.2. The summed E-state index contributed by atoms with van der Waals surface area (Å²) in [6.45, 7) is 2.07. The molecule has 0 radical (unpaired) electrons. The van der Waals surface area contributed by atoms with Gasteiger partial charge in [-0.1, -0.05) is 12.1 Å². The molecule has 0 fully saturated rings. The molecular weight excluding hydrogens is 301 g/mol. The number of hydrogen-bond donors (Lipinski definition) is 2. The summed E-state index contributed by atoms with van der Waals surface area (Å²) < 4.78 is 13.2. The molecule has 1 aromatic heterocycles. The molecule has 2 amide bonds. The Labute approximate surface area is 132 Å². The average molecular weight is 319 g/mol.